The summed E-state index contributed by atoms with van der Waals surface area (Å²) in [6.07, 6.45) is 0. The van der Waals surface area contributed by atoms with Crippen LogP contribution in [-0.2, 0) is 24.4 Å². The summed E-state index contributed by atoms with van der Waals surface area (Å²) < 4.78 is 1.36. The minimum Gasteiger partial charge on any atom is -0.350 e. The van der Waals surface area contributed by atoms with Gasteiger partial charge in [-0.15, -0.1) is 0 Å². The number of amides is 1. The molecule has 0 saturated heterocycles. The van der Waals surface area contributed by atoms with Crippen molar-refractivity contribution in [3.63, 3.8) is 0 Å². The lowest BCUT2D eigenvalue weighted by Crippen LogP contribution is -2.28. The predicted molar refractivity (Wildman–Crippen MR) is 94.0 cm³/mol. The number of aryl methyl sites for hydroxylation is 1. The SMILES string of the molecule is Cc1nn(CC(=O)NCc2ccc(CN(C)C)cc2)c(C)c1[N+](=O)[O-]. The van der Waals surface area contributed by atoms with Crippen LogP contribution in [0.5, 0.6) is 0 Å². The largest absolute Gasteiger partial charge is 0.350 e. The van der Waals surface area contributed by atoms with Gasteiger partial charge in [-0.3, -0.25) is 19.6 Å². The van der Waals surface area contributed by atoms with Gasteiger partial charge >= 0.3 is 5.69 Å². The number of carbonyl (C=O) groups excluding carboxylic acids is 1. The van der Waals surface area contributed by atoms with E-state index in [9.17, 15) is 14.9 Å². The van der Waals surface area contributed by atoms with Crippen molar-refractivity contribution < 1.29 is 9.72 Å². The highest BCUT2D eigenvalue weighted by atomic mass is 16.6. The maximum Gasteiger partial charge on any atom is 0.312 e. The van der Waals surface area contributed by atoms with E-state index in [4.69, 9.17) is 0 Å². The molecule has 2 rings (SSSR count). The van der Waals surface area contributed by atoms with Crippen LogP contribution in [-0.4, -0.2) is 39.6 Å². The molecular formula is C17H23N5O3. The van der Waals surface area contributed by atoms with E-state index in [2.05, 4.69) is 15.3 Å². The third kappa shape index (κ3) is 4.87. The van der Waals surface area contributed by atoms with Crippen molar-refractivity contribution in [3.05, 3.63) is 56.9 Å². The Balaban J connectivity index is 1.93. The molecule has 0 bridgehead atoms. The number of rotatable bonds is 7. The summed E-state index contributed by atoms with van der Waals surface area (Å²) in [7, 11) is 4.02. The van der Waals surface area contributed by atoms with Crippen LogP contribution in [0.4, 0.5) is 5.69 Å². The lowest BCUT2D eigenvalue weighted by atomic mass is 10.1. The van der Waals surface area contributed by atoms with Gasteiger partial charge in [0.15, 0.2) is 0 Å². The smallest absolute Gasteiger partial charge is 0.312 e. The molecule has 0 unspecified atom stereocenters. The highest BCUT2D eigenvalue weighted by Crippen LogP contribution is 2.21. The van der Waals surface area contributed by atoms with Crippen molar-refractivity contribution in [1.82, 2.24) is 20.0 Å². The lowest BCUT2D eigenvalue weighted by Gasteiger charge is -2.10. The fourth-order valence-corrected chi connectivity index (χ4v) is 2.63. The number of hydrogen-bond acceptors (Lipinski definition) is 5. The molecular weight excluding hydrogens is 322 g/mol. The first kappa shape index (κ1) is 18.6. The molecule has 0 spiro atoms. The van der Waals surface area contributed by atoms with Crippen LogP contribution < -0.4 is 5.32 Å². The Morgan fingerprint density at radius 3 is 2.36 bits per heavy atom. The standard InChI is InChI=1S/C17H23N5O3/c1-12-17(22(24)25)13(2)21(19-12)11-16(23)18-9-14-5-7-15(8-6-14)10-20(3)4/h5-8H,9-11H2,1-4H3,(H,18,23). The van der Waals surface area contributed by atoms with Crippen molar-refractivity contribution in [2.45, 2.75) is 33.5 Å². The Hall–Kier alpha value is -2.74. The lowest BCUT2D eigenvalue weighted by molar-refractivity contribution is -0.386. The Morgan fingerprint density at radius 1 is 1.24 bits per heavy atom. The second-order valence-corrected chi connectivity index (χ2v) is 6.27. The predicted octanol–water partition coefficient (Wildman–Crippen LogP) is 1.79. The van der Waals surface area contributed by atoms with Gasteiger partial charge in [-0.2, -0.15) is 5.10 Å². The van der Waals surface area contributed by atoms with Gasteiger partial charge in [0, 0.05) is 13.1 Å². The first-order valence-electron chi connectivity index (χ1n) is 7.95. The second-order valence-electron chi connectivity index (χ2n) is 6.27. The minimum atomic E-state index is -0.471. The molecule has 8 nitrogen and oxygen atoms in total. The molecule has 1 amide bonds. The number of aromatic nitrogens is 2. The van der Waals surface area contributed by atoms with Gasteiger partial charge in [-0.05, 0) is 39.1 Å². The quantitative estimate of drug-likeness (QED) is 0.610. The third-order valence-corrected chi connectivity index (χ3v) is 3.83. The van der Waals surface area contributed by atoms with Crippen LogP contribution in [0.25, 0.3) is 0 Å². The zero-order valence-corrected chi connectivity index (χ0v) is 14.9. The Kier molecular flexibility index (Phi) is 5.87. The molecule has 1 aromatic carbocycles. The van der Waals surface area contributed by atoms with Crippen LogP contribution in [0.2, 0.25) is 0 Å². The number of nitro groups is 1. The van der Waals surface area contributed by atoms with E-state index in [0.29, 0.717) is 17.9 Å². The molecule has 1 N–H and O–H groups in total. The van der Waals surface area contributed by atoms with E-state index >= 15 is 0 Å². The van der Waals surface area contributed by atoms with Crippen LogP contribution in [0.3, 0.4) is 0 Å². The molecule has 134 valence electrons. The van der Waals surface area contributed by atoms with E-state index in [1.807, 2.05) is 38.4 Å². The summed E-state index contributed by atoms with van der Waals surface area (Å²) >= 11 is 0. The van der Waals surface area contributed by atoms with Crippen molar-refractivity contribution >= 4 is 11.6 Å². The molecule has 1 aromatic heterocycles. The highest BCUT2D eigenvalue weighted by Gasteiger charge is 2.22. The van der Waals surface area contributed by atoms with Crippen molar-refractivity contribution in [2.75, 3.05) is 14.1 Å². The molecule has 0 atom stereocenters. The third-order valence-electron chi connectivity index (χ3n) is 3.83. The molecule has 2 aromatic rings. The first-order chi connectivity index (χ1) is 11.8. The van der Waals surface area contributed by atoms with Crippen LogP contribution in [0.1, 0.15) is 22.5 Å². The van der Waals surface area contributed by atoms with Crippen molar-refractivity contribution in [2.24, 2.45) is 0 Å². The molecule has 0 aliphatic heterocycles. The minimum absolute atomic E-state index is 0.0377. The van der Waals surface area contributed by atoms with Gasteiger partial charge in [0.05, 0.1) is 4.92 Å². The number of benzene rings is 1. The molecule has 8 heteroatoms. The first-order valence-corrected chi connectivity index (χ1v) is 7.95. The summed E-state index contributed by atoms with van der Waals surface area (Å²) in [5.74, 6) is -0.238. The molecule has 0 aliphatic carbocycles. The van der Waals surface area contributed by atoms with E-state index in [0.717, 1.165) is 12.1 Å². The van der Waals surface area contributed by atoms with E-state index in [1.165, 1.54) is 10.2 Å². The van der Waals surface area contributed by atoms with Gasteiger partial charge in [0.25, 0.3) is 0 Å². The zero-order valence-electron chi connectivity index (χ0n) is 14.9. The highest BCUT2D eigenvalue weighted by molar-refractivity contribution is 5.75. The Bertz CT molecular complexity index is 765. The second kappa shape index (κ2) is 7.89. The summed E-state index contributed by atoms with van der Waals surface area (Å²) in [5.41, 5.74) is 2.85. The van der Waals surface area contributed by atoms with Crippen molar-refractivity contribution in [1.29, 1.82) is 0 Å². The van der Waals surface area contributed by atoms with Crippen LogP contribution in [0.15, 0.2) is 24.3 Å². The van der Waals surface area contributed by atoms with Crippen LogP contribution >= 0.6 is 0 Å². The summed E-state index contributed by atoms with van der Waals surface area (Å²) in [5, 5.41) is 17.9. The number of carbonyl (C=O) groups is 1. The number of hydrogen-bond donors (Lipinski definition) is 1. The summed E-state index contributed by atoms with van der Waals surface area (Å²) in [6.45, 7) is 4.38. The maximum atomic E-state index is 12.1. The molecule has 0 radical (unpaired) electrons. The normalized spacial score (nSPS) is 10.9. The summed E-state index contributed by atoms with van der Waals surface area (Å²) in [6, 6.07) is 8.03. The van der Waals surface area contributed by atoms with Gasteiger partial charge < -0.3 is 10.2 Å². The molecule has 0 fully saturated rings. The van der Waals surface area contributed by atoms with E-state index in [1.54, 1.807) is 13.8 Å². The molecule has 0 aliphatic rings. The van der Waals surface area contributed by atoms with E-state index in [-0.39, 0.29) is 18.1 Å². The topological polar surface area (TPSA) is 93.3 Å². The fraction of sp³-hybridized carbons (Fsp3) is 0.412. The molecule has 1 heterocycles. The van der Waals surface area contributed by atoms with Gasteiger partial charge in [-0.1, -0.05) is 24.3 Å². The number of nitrogens with zero attached hydrogens (tertiary/aromatic N) is 4. The fourth-order valence-electron chi connectivity index (χ4n) is 2.63. The molecule has 0 saturated carbocycles. The number of nitrogens with one attached hydrogen (secondary N) is 1. The molecule has 25 heavy (non-hydrogen) atoms. The van der Waals surface area contributed by atoms with Crippen molar-refractivity contribution in [3.8, 4) is 0 Å². The zero-order chi connectivity index (χ0) is 18.6. The van der Waals surface area contributed by atoms with Gasteiger partial charge in [-0.25, -0.2) is 0 Å². The average molecular weight is 345 g/mol. The maximum absolute atomic E-state index is 12.1. The average Bonchev–Trinajstić information content (AvgIpc) is 2.80. The van der Waals surface area contributed by atoms with Gasteiger partial charge in [0.1, 0.15) is 17.9 Å². The van der Waals surface area contributed by atoms with Crippen LogP contribution in [0, 0.1) is 24.0 Å². The summed E-state index contributed by atoms with van der Waals surface area (Å²) in [4.78, 5) is 24.7. The monoisotopic (exact) mass is 345 g/mol. The Labute approximate surface area is 146 Å². The van der Waals surface area contributed by atoms with E-state index < -0.39 is 4.92 Å². The Morgan fingerprint density at radius 2 is 1.84 bits per heavy atom. The van der Waals surface area contributed by atoms with Gasteiger partial charge in [0.2, 0.25) is 5.91 Å².